The number of fused-ring (bicyclic) bond motifs is 1. The van der Waals surface area contributed by atoms with E-state index in [2.05, 4.69) is 173 Å². The summed E-state index contributed by atoms with van der Waals surface area (Å²) in [6.07, 6.45) is 1.92. The van der Waals surface area contributed by atoms with Crippen LogP contribution in [0.2, 0.25) is 0 Å². The fourth-order valence-corrected chi connectivity index (χ4v) is 8.15. The fraction of sp³-hybridized carbons (Fsp3) is 0.109. The van der Waals surface area contributed by atoms with E-state index in [4.69, 9.17) is 15.0 Å². The molecule has 0 aliphatic carbocycles. The Morgan fingerprint density at radius 3 is 1.90 bits per heavy atom. The van der Waals surface area contributed by atoms with Gasteiger partial charge in [0.15, 0.2) is 0 Å². The highest BCUT2D eigenvalue weighted by Crippen LogP contribution is 2.41. The average Bonchev–Trinajstić information content (AvgIpc) is 3.64. The summed E-state index contributed by atoms with van der Waals surface area (Å²) in [5.74, 6) is 0.265. The number of benzene rings is 7. The molecule has 2 aromatic heterocycles. The molecule has 292 valence electrons. The molecule has 0 unspecified atom stereocenters. The van der Waals surface area contributed by atoms with Gasteiger partial charge in [-0.2, -0.15) is 4.99 Å². The molecule has 0 radical (unpaired) electrons. The maximum Gasteiger partial charge on any atom is 0.238 e. The minimum atomic E-state index is -0.149. The van der Waals surface area contributed by atoms with Crippen LogP contribution in [0.25, 0.3) is 72.5 Å². The molecule has 9 rings (SSSR count). The standard InChI is InChI=1S/C55H46N4O/c1-36-17-15-18-37(2)51(36)42-29-30-56-48(35-42)44-31-43(32-45(33-44)55(3,4)5)46-25-16-26-50-52(46)57-54(58-53(60)40-23-13-8-14-24-40)59(50)49-28-27-41(38-19-9-6-10-20-38)34-47(49)39-21-11-7-12-22-39/h6-35H,1-5H3,(H,57,58,60). The van der Waals surface area contributed by atoms with Crippen LogP contribution in [0.4, 0.5) is 5.95 Å². The monoisotopic (exact) mass is 778 g/mol. The molecule has 0 aliphatic heterocycles. The van der Waals surface area contributed by atoms with Crippen LogP contribution in [0, 0.1) is 13.8 Å². The lowest BCUT2D eigenvalue weighted by Crippen LogP contribution is -2.11. The Hall–Kier alpha value is -7.37. The molecule has 0 fully saturated rings. The topological polar surface area (TPSA) is 63.3 Å². The van der Waals surface area contributed by atoms with Crippen molar-refractivity contribution in [1.82, 2.24) is 14.5 Å². The van der Waals surface area contributed by atoms with Gasteiger partial charge in [0.2, 0.25) is 11.8 Å². The second-order valence-electron chi connectivity index (χ2n) is 16.4. The number of aliphatic hydroxyl groups is 1. The number of pyridine rings is 1. The van der Waals surface area contributed by atoms with Crippen molar-refractivity contribution in [2.75, 3.05) is 0 Å². The minimum Gasteiger partial charge on any atom is -0.493 e. The van der Waals surface area contributed by atoms with Gasteiger partial charge in [-0.05, 0) is 124 Å². The number of aryl methyl sites for hydroxylation is 2. The highest BCUT2D eigenvalue weighted by atomic mass is 16.3. The molecular formula is C55H46N4O. The Morgan fingerprint density at radius 2 is 1.20 bits per heavy atom. The van der Waals surface area contributed by atoms with Crippen LogP contribution < -0.4 is 0 Å². The first-order chi connectivity index (χ1) is 29.1. The van der Waals surface area contributed by atoms with Gasteiger partial charge in [-0.15, -0.1) is 0 Å². The zero-order chi connectivity index (χ0) is 41.4. The summed E-state index contributed by atoms with van der Waals surface area (Å²) >= 11 is 0. The predicted octanol–water partition coefficient (Wildman–Crippen LogP) is 14.3. The van der Waals surface area contributed by atoms with Crippen molar-refractivity contribution in [1.29, 1.82) is 0 Å². The van der Waals surface area contributed by atoms with Crippen LogP contribution in [0.3, 0.4) is 0 Å². The largest absolute Gasteiger partial charge is 0.493 e. The zero-order valence-electron chi connectivity index (χ0n) is 34.6. The number of para-hydroxylation sites is 1. The number of hydrogen-bond donors (Lipinski definition) is 1. The molecular weight excluding hydrogens is 733 g/mol. The van der Waals surface area contributed by atoms with E-state index in [0.717, 1.165) is 66.9 Å². The zero-order valence-corrected chi connectivity index (χ0v) is 34.6. The first-order valence-corrected chi connectivity index (χ1v) is 20.4. The molecule has 0 saturated heterocycles. The number of aromatic nitrogens is 3. The first-order valence-electron chi connectivity index (χ1n) is 20.4. The quantitative estimate of drug-likeness (QED) is 0.123. The van der Waals surface area contributed by atoms with Gasteiger partial charge < -0.3 is 5.11 Å². The van der Waals surface area contributed by atoms with Gasteiger partial charge in [-0.1, -0.05) is 142 Å². The lowest BCUT2D eigenvalue weighted by Gasteiger charge is -2.22. The molecule has 0 spiro atoms. The van der Waals surface area contributed by atoms with Crippen molar-refractivity contribution >= 4 is 22.9 Å². The molecule has 2 heterocycles. The van der Waals surface area contributed by atoms with E-state index in [1.807, 2.05) is 48.7 Å². The molecule has 0 aliphatic rings. The summed E-state index contributed by atoms with van der Waals surface area (Å²) in [5, 5.41) is 11.6. The first kappa shape index (κ1) is 38.2. The smallest absolute Gasteiger partial charge is 0.238 e. The molecule has 0 saturated carbocycles. The van der Waals surface area contributed by atoms with Crippen LogP contribution in [0.5, 0.6) is 0 Å². The summed E-state index contributed by atoms with van der Waals surface area (Å²) in [6, 6.07) is 60.6. The van der Waals surface area contributed by atoms with E-state index in [9.17, 15) is 5.11 Å². The molecule has 5 heteroatoms. The van der Waals surface area contributed by atoms with E-state index in [0.29, 0.717) is 11.5 Å². The van der Waals surface area contributed by atoms with Crippen LogP contribution in [-0.2, 0) is 5.41 Å². The Kier molecular flexibility index (Phi) is 10.0. The summed E-state index contributed by atoms with van der Waals surface area (Å²) in [7, 11) is 0. The van der Waals surface area contributed by atoms with E-state index < -0.39 is 0 Å². The van der Waals surface area contributed by atoms with Gasteiger partial charge in [0, 0.05) is 28.5 Å². The van der Waals surface area contributed by atoms with E-state index in [-0.39, 0.29) is 11.3 Å². The van der Waals surface area contributed by atoms with Crippen LogP contribution in [0.15, 0.2) is 187 Å². The number of hydrogen-bond acceptors (Lipinski definition) is 3. The van der Waals surface area contributed by atoms with Crippen LogP contribution in [-0.4, -0.2) is 25.5 Å². The minimum absolute atomic E-state index is 0.109. The Labute approximate surface area is 352 Å². The normalized spacial score (nSPS) is 11.9. The third kappa shape index (κ3) is 7.42. The molecule has 7 aromatic carbocycles. The summed E-state index contributed by atoms with van der Waals surface area (Å²) in [6.45, 7) is 11.1. The fourth-order valence-electron chi connectivity index (χ4n) is 8.15. The number of imidazole rings is 1. The van der Waals surface area contributed by atoms with Crippen LogP contribution in [0.1, 0.15) is 43.0 Å². The average molecular weight is 779 g/mol. The number of aliphatic imine (C=N–C) groups is 1. The van der Waals surface area contributed by atoms with Gasteiger partial charge in [0.1, 0.15) is 0 Å². The lowest BCUT2D eigenvalue weighted by molar-refractivity contribution is 0.554. The second kappa shape index (κ2) is 15.8. The van der Waals surface area contributed by atoms with Crippen molar-refractivity contribution in [3.8, 4) is 61.5 Å². The van der Waals surface area contributed by atoms with Gasteiger partial charge in [-0.3, -0.25) is 9.55 Å². The van der Waals surface area contributed by atoms with Crippen molar-refractivity contribution < 1.29 is 5.11 Å². The summed E-state index contributed by atoms with van der Waals surface area (Å²) in [5.41, 5.74) is 17.3. The maximum atomic E-state index is 11.6. The molecule has 0 bridgehead atoms. The number of aliphatic hydroxyl groups excluding tert-OH is 1. The third-order valence-corrected chi connectivity index (χ3v) is 11.3. The summed E-state index contributed by atoms with van der Waals surface area (Å²) in [4.78, 5) is 15.1. The number of nitrogens with zero attached hydrogens (tertiary/aromatic N) is 4. The molecule has 0 atom stereocenters. The van der Waals surface area contributed by atoms with Gasteiger partial charge in [-0.25, -0.2) is 4.98 Å². The summed E-state index contributed by atoms with van der Waals surface area (Å²) < 4.78 is 2.08. The second-order valence-corrected chi connectivity index (χ2v) is 16.4. The van der Waals surface area contributed by atoms with E-state index in [1.54, 1.807) is 0 Å². The maximum absolute atomic E-state index is 11.6. The molecule has 9 aromatic rings. The predicted molar refractivity (Wildman–Crippen MR) is 249 cm³/mol. The van der Waals surface area contributed by atoms with Gasteiger partial charge in [0.25, 0.3) is 0 Å². The van der Waals surface area contributed by atoms with Crippen molar-refractivity contribution in [3.63, 3.8) is 0 Å². The number of rotatable bonds is 8. The van der Waals surface area contributed by atoms with Crippen LogP contribution >= 0.6 is 0 Å². The van der Waals surface area contributed by atoms with Crippen molar-refractivity contribution in [2.24, 2.45) is 4.99 Å². The molecule has 60 heavy (non-hydrogen) atoms. The van der Waals surface area contributed by atoms with E-state index >= 15 is 0 Å². The van der Waals surface area contributed by atoms with Crippen molar-refractivity contribution in [2.45, 2.75) is 40.0 Å². The molecule has 1 N–H and O–H groups in total. The third-order valence-electron chi connectivity index (χ3n) is 11.3. The molecule has 5 nitrogen and oxygen atoms in total. The van der Waals surface area contributed by atoms with E-state index in [1.165, 1.54) is 22.3 Å². The lowest BCUT2D eigenvalue weighted by atomic mass is 9.83. The van der Waals surface area contributed by atoms with Gasteiger partial charge >= 0.3 is 0 Å². The van der Waals surface area contributed by atoms with Gasteiger partial charge in [0.05, 0.1) is 22.4 Å². The molecule has 0 amide bonds. The highest BCUT2D eigenvalue weighted by Gasteiger charge is 2.23. The highest BCUT2D eigenvalue weighted by molar-refractivity contribution is 5.99. The Morgan fingerprint density at radius 1 is 0.550 bits per heavy atom. The SMILES string of the molecule is Cc1cccc(C)c1-c1ccnc(-c2cc(-c3cccc4c3nc(/N=C(\O)c3ccccc3)n4-c3ccc(-c4ccccc4)cc3-c3ccccc3)cc(C(C)(C)C)c2)c1. The Balaban J connectivity index is 1.28. The Bertz CT molecular complexity index is 3010. The van der Waals surface area contributed by atoms with Crippen molar-refractivity contribution in [3.05, 3.63) is 204 Å².